The Hall–Kier alpha value is -0.530. The molecule has 0 radical (unpaired) electrons. The van der Waals surface area contributed by atoms with Crippen LogP contribution in [0, 0.1) is 11.8 Å². The highest BCUT2D eigenvalue weighted by molar-refractivity contribution is 5.73. The average molecular weight is 157 g/mol. The summed E-state index contributed by atoms with van der Waals surface area (Å²) in [5, 5.41) is 0. The predicted molar refractivity (Wildman–Crippen MR) is 47.0 cm³/mol. The summed E-state index contributed by atoms with van der Waals surface area (Å²) in [6.07, 6.45) is 2.72. The molecule has 0 spiro atoms. The molecule has 0 heterocycles. The lowest BCUT2D eigenvalue weighted by atomic mass is 9.92. The van der Waals surface area contributed by atoms with Crippen LogP contribution in [0.2, 0.25) is 0 Å². The minimum absolute atomic E-state index is 0.169. The van der Waals surface area contributed by atoms with Gasteiger partial charge in [-0.15, -0.1) is 0 Å². The van der Waals surface area contributed by atoms with Crippen molar-refractivity contribution in [3.05, 3.63) is 0 Å². The lowest BCUT2D eigenvalue weighted by Crippen LogP contribution is -2.17. The van der Waals surface area contributed by atoms with Gasteiger partial charge in [0.15, 0.2) is 0 Å². The van der Waals surface area contributed by atoms with E-state index in [1.54, 1.807) is 0 Å². The third-order valence-corrected chi connectivity index (χ3v) is 1.87. The van der Waals surface area contributed by atoms with Crippen LogP contribution in [0.1, 0.15) is 40.0 Å². The third-order valence-electron chi connectivity index (χ3n) is 1.87. The number of rotatable bonds is 5. The van der Waals surface area contributed by atoms with Crippen molar-refractivity contribution >= 4 is 5.91 Å². The molecule has 66 valence electrons. The summed E-state index contributed by atoms with van der Waals surface area (Å²) in [5.41, 5.74) is 5.11. The topological polar surface area (TPSA) is 43.1 Å². The highest BCUT2D eigenvalue weighted by Crippen LogP contribution is 2.17. The highest BCUT2D eigenvalue weighted by Gasteiger charge is 2.10. The Morgan fingerprint density at radius 3 is 2.27 bits per heavy atom. The fraction of sp³-hybridized carbons (Fsp3) is 0.889. The standard InChI is InChI=1S/C9H19NO/c1-4-8(5-7(2)3)6-9(10)11/h7-8H,4-6H2,1-3H3,(H2,10,11)/t8-/m1/s1. The summed E-state index contributed by atoms with van der Waals surface area (Å²) in [6.45, 7) is 6.45. The Morgan fingerprint density at radius 1 is 1.45 bits per heavy atom. The molecule has 2 heteroatoms. The molecule has 1 amide bonds. The Kier molecular flexibility index (Phi) is 4.92. The Bertz CT molecular complexity index is 121. The van der Waals surface area contributed by atoms with Crippen molar-refractivity contribution in [1.82, 2.24) is 0 Å². The Labute approximate surface area is 69.2 Å². The van der Waals surface area contributed by atoms with Crippen molar-refractivity contribution in [1.29, 1.82) is 0 Å². The number of hydrogen-bond donors (Lipinski definition) is 1. The molecule has 1 atom stereocenters. The molecule has 2 nitrogen and oxygen atoms in total. The Morgan fingerprint density at radius 2 is 2.00 bits per heavy atom. The first-order chi connectivity index (χ1) is 5.06. The van der Waals surface area contributed by atoms with Crippen LogP contribution in [0.25, 0.3) is 0 Å². The van der Waals surface area contributed by atoms with E-state index in [9.17, 15) is 4.79 Å². The van der Waals surface area contributed by atoms with E-state index in [2.05, 4.69) is 20.8 Å². The quantitative estimate of drug-likeness (QED) is 0.651. The number of carbonyl (C=O) groups excluding carboxylic acids is 1. The molecule has 0 aromatic rings. The molecule has 0 saturated carbocycles. The SMILES string of the molecule is CC[C@@H](CC(N)=O)CC(C)C. The molecule has 0 bridgehead atoms. The van der Waals surface area contributed by atoms with Gasteiger partial charge in [-0.1, -0.05) is 27.2 Å². The van der Waals surface area contributed by atoms with Gasteiger partial charge in [-0.05, 0) is 18.3 Å². The summed E-state index contributed by atoms with van der Waals surface area (Å²) in [6, 6.07) is 0. The molecule has 0 aliphatic heterocycles. The molecule has 0 rings (SSSR count). The van der Waals surface area contributed by atoms with E-state index in [0.717, 1.165) is 12.8 Å². The molecule has 0 aromatic heterocycles. The van der Waals surface area contributed by atoms with Crippen LogP contribution < -0.4 is 5.73 Å². The summed E-state index contributed by atoms with van der Waals surface area (Å²) >= 11 is 0. The van der Waals surface area contributed by atoms with Crippen LogP contribution in [0.4, 0.5) is 0 Å². The molecule has 0 saturated heterocycles. The summed E-state index contributed by atoms with van der Waals surface area (Å²) in [4.78, 5) is 10.6. The van der Waals surface area contributed by atoms with Crippen LogP contribution in [0.3, 0.4) is 0 Å². The third kappa shape index (κ3) is 5.89. The molecular weight excluding hydrogens is 138 g/mol. The van der Waals surface area contributed by atoms with Crippen molar-refractivity contribution < 1.29 is 4.79 Å². The number of primary amides is 1. The van der Waals surface area contributed by atoms with E-state index in [-0.39, 0.29) is 5.91 Å². The van der Waals surface area contributed by atoms with E-state index in [1.165, 1.54) is 0 Å². The van der Waals surface area contributed by atoms with E-state index in [0.29, 0.717) is 18.3 Å². The van der Waals surface area contributed by atoms with Gasteiger partial charge in [0, 0.05) is 6.42 Å². The molecule has 0 fully saturated rings. The average Bonchev–Trinajstić information content (AvgIpc) is 1.84. The smallest absolute Gasteiger partial charge is 0.217 e. The largest absolute Gasteiger partial charge is 0.370 e. The van der Waals surface area contributed by atoms with Crippen molar-refractivity contribution in [3.8, 4) is 0 Å². The van der Waals surface area contributed by atoms with Crippen LogP contribution in [-0.4, -0.2) is 5.91 Å². The van der Waals surface area contributed by atoms with E-state index >= 15 is 0 Å². The van der Waals surface area contributed by atoms with Crippen LogP contribution in [-0.2, 0) is 4.79 Å². The molecular formula is C9H19NO. The van der Waals surface area contributed by atoms with Crippen molar-refractivity contribution in [2.75, 3.05) is 0 Å². The van der Waals surface area contributed by atoms with E-state index in [4.69, 9.17) is 5.73 Å². The fourth-order valence-corrected chi connectivity index (χ4v) is 1.35. The monoisotopic (exact) mass is 157 g/mol. The van der Waals surface area contributed by atoms with Crippen molar-refractivity contribution in [2.24, 2.45) is 17.6 Å². The Balaban J connectivity index is 3.66. The number of amides is 1. The molecule has 2 N–H and O–H groups in total. The zero-order chi connectivity index (χ0) is 8.85. The van der Waals surface area contributed by atoms with E-state index < -0.39 is 0 Å². The highest BCUT2D eigenvalue weighted by atomic mass is 16.1. The van der Waals surface area contributed by atoms with Gasteiger partial charge < -0.3 is 5.73 Å². The predicted octanol–water partition coefficient (Wildman–Crippen LogP) is 1.93. The first-order valence-corrected chi connectivity index (χ1v) is 4.34. The summed E-state index contributed by atoms with van der Waals surface area (Å²) in [7, 11) is 0. The first kappa shape index (κ1) is 10.5. The van der Waals surface area contributed by atoms with Gasteiger partial charge in [-0.2, -0.15) is 0 Å². The van der Waals surface area contributed by atoms with Crippen LogP contribution in [0.5, 0.6) is 0 Å². The van der Waals surface area contributed by atoms with Crippen LogP contribution >= 0.6 is 0 Å². The van der Waals surface area contributed by atoms with Crippen molar-refractivity contribution in [3.63, 3.8) is 0 Å². The summed E-state index contributed by atoms with van der Waals surface area (Å²) < 4.78 is 0. The maximum absolute atomic E-state index is 10.6. The number of nitrogens with two attached hydrogens (primary N) is 1. The first-order valence-electron chi connectivity index (χ1n) is 4.34. The molecule has 0 aliphatic rings. The molecule has 0 unspecified atom stereocenters. The second kappa shape index (κ2) is 5.16. The fourth-order valence-electron chi connectivity index (χ4n) is 1.35. The van der Waals surface area contributed by atoms with Gasteiger partial charge in [0.05, 0.1) is 0 Å². The van der Waals surface area contributed by atoms with Gasteiger partial charge >= 0.3 is 0 Å². The number of hydrogen-bond acceptors (Lipinski definition) is 1. The number of carbonyl (C=O) groups is 1. The second-order valence-electron chi connectivity index (χ2n) is 3.57. The zero-order valence-electron chi connectivity index (χ0n) is 7.76. The lowest BCUT2D eigenvalue weighted by Gasteiger charge is -2.14. The maximum Gasteiger partial charge on any atom is 0.217 e. The van der Waals surface area contributed by atoms with Crippen LogP contribution in [0.15, 0.2) is 0 Å². The van der Waals surface area contributed by atoms with E-state index in [1.807, 2.05) is 0 Å². The lowest BCUT2D eigenvalue weighted by molar-refractivity contribution is -0.119. The van der Waals surface area contributed by atoms with Gasteiger partial charge in [0.1, 0.15) is 0 Å². The van der Waals surface area contributed by atoms with Crippen molar-refractivity contribution in [2.45, 2.75) is 40.0 Å². The minimum atomic E-state index is -0.169. The normalized spacial score (nSPS) is 13.5. The van der Waals surface area contributed by atoms with Gasteiger partial charge in [-0.3, -0.25) is 4.79 Å². The van der Waals surface area contributed by atoms with Gasteiger partial charge in [-0.25, -0.2) is 0 Å². The maximum atomic E-state index is 10.6. The minimum Gasteiger partial charge on any atom is -0.370 e. The zero-order valence-corrected chi connectivity index (χ0v) is 7.76. The molecule has 0 aromatic carbocycles. The molecule has 11 heavy (non-hydrogen) atoms. The molecule has 0 aliphatic carbocycles. The summed E-state index contributed by atoms with van der Waals surface area (Å²) in [5.74, 6) is 0.990. The van der Waals surface area contributed by atoms with Gasteiger partial charge in [0.25, 0.3) is 0 Å². The van der Waals surface area contributed by atoms with Gasteiger partial charge in [0.2, 0.25) is 5.91 Å². The second-order valence-corrected chi connectivity index (χ2v) is 3.57.